The summed E-state index contributed by atoms with van der Waals surface area (Å²) in [4.78, 5) is 32.5. The maximum atomic E-state index is 12.5. The lowest BCUT2D eigenvalue weighted by atomic mass is 10.2. The van der Waals surface area contributed by atoms with Crippen LogP contribution in [0.15, 0.2) is 45.7 Å². The molecule has 1 aliphatic rings. The smallest absolute Gasteiger partial charge is 0.293 e. The monoisotopic (exact) mass is 430 g/mol. The molecule has 4 rings (SSSR count). The fraction of sp³-hybridized carbons (Fsp3) is 0.350. The summed E-state index contributed by atoms with van der Waals surface area (Å²) in [6.07, 6.45) is 4.05. The van der Waals surface area contributed by atoms with E-state index in [4.69, 9.17) is 4.42 Å². The van der Waals surface area contributed by atoms with Crippen molar-refractivity contribution in [2.75, 3.05) is 25.0 Å². The van der Waals surface area contributed by atoms with Crippen molar-refractivity contribution < 1.29 is 14.0 Å². The van der Waals surface area contributed by atoms with Gasteiger partial charge in [-0.25, -0.2) is 4.98 Å². The second-order valence-electron chi connectivity index (χ2n) is 6.83. The molecular weight excluding hydrogens is 408 g/mol. The van der Waals surface area contributed by atoms with Crippen LogP contribution in [0.5, 0.6) is 0 Å². The van der Waals surface area contributed by atoms with Gasteiger partial charge in [0.1, 0.15) is 0 Å². The highest BCUT2D eigenvalue weighted by molar-refractivity contribution is 7.14. The molecule has 2 amide bonds. The summed E-state index contributed by atoms with van der Waals surface area (Å²) in [5.41, 5.74) is 0.635. The summed E-state index contributed by atoms with van der Waals surface area (Å²) in [6, 6.07) is 7.65. The number of anilines is 1. The minimum Gasteiger partial charge on any atom is -0.459 e. The predicted octanol–water partition coefficient (Wildman–Crippen LogP) is 3.55. The molecule has 3 aromatic rings. The molecule has 4 heterocycles. The summed E-state index contributed by atoms with van der Waals surface area (Å²) in [7, 11) is 0. The van der Waals surface area contributed by atoms with Gasteiger partial charge in [0, 0.05) is 16.8 Å². The van der Waals surface area contributed by atoms with Crippen LogP contribution in [0.25, 0.3) is 0 Å². The molecule has 1 fully saturated rings. The van der Waals surface area contributed by atoms with Gasteiger partial charge in [0.2, 0.25) is 5.91 Å². The molecule has 3 aromatic heterocycles. The van der Waals surface area contributed by atoms with Crippen molar-refractivity contribution in [3.63, 3.8) is 0 Å². The Balaban J connectivity index is 1.30. The van der Waals surface area contributed by atoms with Gasteiger partial charge in [-0.2, -0.15) is 0 Å². The molecule has 0 radical (unpaired) electrons. The third-order valence-electron chi connectivity index (χ3n) is 4.80. The average molecular weight is 431 g/mol. The first kappa shape index (κ1) is 19.8. The largest absolute Gasteiger partial charge is 0.459 e. The molecule has 0 aromatic carbocycles. The summed E-state index contributed by atoms with van der Waals surface area (Å²) in [6.45, 7) is 2.73. The van der Waals surface area contributed by atoms with Crippen molar-refractivity contribution in [2.24, 2.45) is 0 Å². The van der Waals surface area contributed by atoms with Crippen molar-refractivity contribution in [3.8, 4) is 0 Å². The van der Waals surface area contributed by atoms with Crippen LogP contribution < -0.4 is 10.6 Å². The number of thiazole rings is 1. The Bertz CT molecular complexity index is 931. The minimum absolute atomic E-state index is 0.0695. The molecular formula is C20H22N4O3S2. The molecule has 0 bridgehead atoms. The number of aromatic nitrogens is 1. The van der Waals surface area contributed by atoms with Crippen LogP contribution in [0.4, 0.5) is 5.13 Å². The first-order valence-corrected chi connectivity index (χ1v) is 11.3. The molecule has 2 N–H and O–H groups in total. The van der Waals surface area contributed by atoms with E-state index in [0.717, 1.165) is 13.1 Å². The number of hydrogen-bond acceptors (Lipinski definition) is 7. The van der Waals surface area contributed by atoms with Gasteiger partial charge in [-0.05, 0) is 49.5 Å². The third-order valence-corrected chi connectivity index (χ3v) is 6.58. The van der Waals surface area contributed by atoms with Gasteiger partial charge in [0.25, 0.3) is 5.91 Å². The summed E-state index contributed by atoms with van der Waals surface area (Å²) in [5, 5.41) is 10.0. The van der Waals surface area contributed by atoms with Gasteiger partial charge in [-0.15, -0.1) is 22.7 Å². The highest BCUT2D eigenvalue weighted by Crippen LogP contribution is 2.27. The molecule has 0 spiro atoms. The highest BCUT2D eigenvalue weighted by Gasteiger charge is 2.24. The lowest BCUT2D eigenvalue weighted by Crippen LogP contribution is -2.37. The molecule has 1 saturated heterocycles. The Morgan fingerprint density at radius 1 is 1.21 bits per heavy atom. The van der Waals surface area contributed by atoms with Crippen LogP contribution in [-0.2, 0) is 11.2 Å². The number of likely N-dealkylation sites (tertiary alicyclic amines) is 1. The van der Waals surface area contributed by atoms with E-state index in [2.05, 4.69) is 38.0 Å². The van der Waals surface area contributed by atoms with Crippen LogP contribution in [0.3, 0.4) is 0 Å². The Morgan fingerprint density at radius 3 is 2.79 bits per heavy atom. The number of furan rings is 1. The zero-order chi connectivity index (χ0) is 20.1. The van der Waals surface area contributed by atoms with Crippen molar-refractivity contribution >= 4 is 39.6 Å². The molecule has 0 saturated carbocycles. The number of amides is 2. The second-order valence-corrected chi connectivity index (χ2v) is 8.67. The molecule has 0 aliphatic carbocycles. The van der Waals surface area contributed by atoms with Crippen molar-refractivity contribution in [1.29, 1.82) is 0 Å². The average Bonchev–Trinajstić information content (AvgIpc) is 3.49. The summed E-state index contributed by atoms with van der Waals surface area (Å²) < 4.78 is 5.06. The molecule has 9 heteroatoms. The normalized spacial score (nSPS) is 15.3. The maximum Gasteiger partial charge on any atom is 0.293 e. The number of thiophene rings is 1. The molecule has 1 unspecified atom stereocenters. The lowest BCUT2D eigenvalue weighted by Gasteiger charge is -2.26. The van der Waals surface area contributed by atoms with Gasteiger partial charge in [0.05, 0.1) is 24.4 Å². The van der Waals surface area contributed by atoms with E-state index in [0.29, 0.717) is 17.4 Å². The summed E-state index contributed by atoms with van der Waals surface area (Å²) >= 11 is 3.02. The number of nitrogens with zero attached hydrogens (tertiary/aromatic N) is 2. The SMILES string of the molecule is O=C(Cc1csc(NC(=O)c2ccco2)n1)NCC(c1cccs1)N1CCCC1. The van der Waals surface area contributed by atoms with Gasteiger partial charge in [0.15, 0.2) is 10.9 Å². The molecule has 7 nitrogen and oxygen atoms in total. The van der Waals surface area contributed by atoms with E-state index < -0.39 is 0 Å². The highest BCUT2D eigenvalue weighted by atomic mass is 32.1. The molecule has 1 atom stereocenters. The number of carbonyl (C=O) groups excluding carboxylic acids is 2. The van der Waals surface area contributed by atoms with E-state index in [1.807, 2.05) is 0 Å². The first-order valence-electron chi connectivity index (χ1n) is 9.52. The second kappa shape index (κ2) is 9.34. The maximum absolute atomic E-state index is 12.5. The number of rotatable bonds is 8. The predicted molar refractivity (Wildman–Crippen MR) is 113 cm³/mol. The van der Waals surface area contributed by atoms with Gasteiger partial charge in [-0.3, -0.25) is 19.8 Å². The Kier molecular flexibility index (Phi) is 6.38. The van der Waals surface area contributed by atoms with Gasteiger partial charge < -0.3 is 9.73 Å². The first-order chi connectivity index (χ1) is 14.2. The zero-order valence-corrected chi connectivity index (χ0v) is 17.4. The van der Waals surface area contributed by atoms with E-state index in [1.165, 1.54) is 35.3 Å². The Labute approximate surface area is 176 Å². The minimum atomic E-state index is -0.357. The van der Waals surface area contributed by atoms with Crippen LogP contribution in [0.2, 0.25) is 0 Å². The van der Waals surface area contributed by atoms with Gasteiger partial charge in [-0.1, -0.05) is 6.07 Å². The zero-order valence-electron chi connectivity index (χ0n) is 15.8. The van der Waals surface area contributed by atoms with Crippen molar-refractivity contribution in [1.82, 2.24) is 15.2 Å². The van der Waals surface area contributed by atoms with E-state index in [-0.39, 0.29) is 30.0 Å². The summed E-state index contributed by atoms with van der Waals surface area (Å²) in [5.74, 6) is -0.203. The standard InChI is InChI=1S/C20H22N4O3S2/c25-18(21-12-15(17-6-4-10-28-17)24-7-1-2-8-24)11-14-13-29-20(22-14)23-19(26)16-5-3-9-27-16/h3-6,9-10,13,15H,1-2,7-8,11-12H2,(H,21,25)(H,22,23,26). The fourth-order valence-corrected chi connectivity index (χ4v) is 4.96. The lowest BCUT2D eigenvalue weighted by molar-refractivity contribution is -0.120. The number of nitrogens with one attached hydrogen (secondary N) is 2. The topological polar surface area (TPSA) is 87.5 Å². The van der Waals surface area contributed by atoms with Gasteiger partial charge >= 0.3 is 0 Å². The van der Waals surface area contributed by atoms with E-state index >= 15 is 0 Å². The van der Waals surface area contributed by atoms with Crippen LogP contribution in [0.1, 0.15) is 40.0 Å². The molecule has 1 aliphatic heterocycles. The van der Waals surface area contributed by atoms with E-state index in [1.54, 1.807) is 28.8 Å². The van der Waals surface area contributed by atoms with Crippen molar-refractivity contribution in [3.05, 3.63) is 57.6 Å². The quantitative estimate of drug-likeness (QED) is 0.571. The van der Waals surface area contributed by atoms with Crippen LogP contribution >= 0.6 is 22.7 Å². The van der Waals surface area contributed by atoms with Crippen LogP contribution in [0, 0.1) is 0 Å². The number of hydrogen-bond donors (Lipinski definition) is 2. The Hall–Kier alpha value is -2.49. The molecule has 29 heavy (non-hydrogen) atoms. The number of carbonyl (C=O) groups is 2. The third kappa shape index (κ3) is 5.11. The van der Waals surface area contributed by atoms with Crippen LogP contribution in [-0.4, -0.2) is 41.3 Å². The Morgan fingerprint density at radius 2 is 2.07 bits per heavy atom. The molecule has 152 valence electrons. The fourth-order valence-electron chi connectivity index (χ4n) is 3.39. The van der Waals surface area contributed by atoms with E-state index in [9.17, 15) is 9.59 Å². The van der Waals surface area contributed by atoms with Crippen molar-refractivity contribution in [2.45, 2.75) is 25.3 Å².